The van der Waals surface area contributed by atoms with Crippen molar-refractivity contribution in [2.24, 2.45) is 0 Å². The molecule has 9 heteroatoms. The highest BCUT2D eigenvalue weighted by Crippen LogP contribution is 2.31. The Balaban J connectivity index is 1.51. The highest BCUT2D eigenvalue weighted by Gasteiger charge is 2.32. The summed E-state index contributed by atoms with van der Waals surface area (Å²) >= 11 is 0. The summed E-state index contributed by atoms with van der Waals surface area (Å²) in [6.07, 6.45) is -3.33. The number of hydrogen-bond donors (Lipinski definition) is 0. The standard InChI is InChI=1S/C19H19F3N2O4/c1-26-14-3-2-4-15(10-14)27-12-18(25)24-8-6-16(11-24)28-17-9-13(5-7-23-17)19(20,21)22/h2-5,7,9-10,16H,6,8,11-12H2,1H3. The van der Waals surface area contributed by atoms with E-state index in [-0.39, 0.29) is 24.9 Å². The van der Waals surface area contributed by atoms with Gasteiger partial charge < -0.3 is 19.1 Å². The lowest BCUT2D eigenvalue weighted by Gasteiger charge is -2.17. The van der Waals surface area contributed by atoms with Crippen LogP contribution in [0.25, 0.3) is 0 Å². The van der Waals surface area contributed by atoms with Crippen LogP contribution in [-0.2, 0) is 11.0 Å². The molecule has 1 aromatic carbocycles. The average molecular weight is 396 g/mol. The van der Waals surface area contributed by atoms with E-state index in [4.69, 9.17) is 14.2 Å². The number of likely N-dealkylation sites (tertiary alicyclic amines) is 1. The van der Waals surface area contributed by atoms with E-state index in [1.165, 1.54) is 7.11 Å². The van der Waals surface area contributed by atoms with E-state index < -0.39 is 17.8 Å². The minimum absolute atomic E-state index is 0.109. The van der Waals surface area contributed by atoms with Crippen LogP contribution in [0.4, 0.5) is 13.2 Å². The molecule has 0 radical (unpaired) electrons. The first-order valence-electron chi connectivity index (χ1n) is 8.59. The highest BCUT2D eigenvalue weighted by atomic mass is 19.4. The van der Waals surface area contributed by atoms with Crippen LogP contribution in [0.15, 0.2) is 42.6 Å². The Morgan fingerprint density at radius 1 is 1.25 bits per heavy atom. The van der Waals surface area contributed by atoms with Crippen LogP contribution >= 0.6 is 0 Å². The van der Waals surface area contributed by atoms with Crippen molar-refractivity contribution in [3.05, 3.63) is 48.2 Å². The molecule has 2 heterocycles. The summed E-state index contributed by atoms with van der Waals surface area (Å²) in [6, 6.07) is 8.64. The molecule has 1 unspecified atom stereocenters. The van der Waals surface area contributed by atoms with Gasteiger partial charge in [-0.05, 0) is 18.2 Å². The maximum atomic E-state index is 12.8. The van der Waals surface area contributed by atoms with E-state index in [0.29, 0.717) is 24.5 Å². The van der Waals surface area contributed by atoms with Crippen LogP contribution in [0.3, 0.4) is 0 Å². The first-order chi connectivity index (χ1) is 13.3. The predicted molar refractivity (Wildman–Crippen MR) is 93.3 cm³/mol. The van der Waals surface area contributed by atoms with E-state index in [2.05, 4.69) is 4.98 Å². The summed E-state index contributed by atoms with van der Waals surface area (Å²) in [5, 5.41) is 0. The fraction of sp³-hybridized carbons (Fsp3) is 0.368. The van der Waals surface area contributed by atoms with Crippen molar-refractivity contribution in [2.75, 3.05) is 26.8 Å². The number of hydrogen-bond acceptors (Lipinski definition) is 5. The maximum Gasteiger partial charge on any atom is 0.416 e. The topological polar surface area (TPSA) is 60.9 Å². The van der Waals surface area contributed by atoms with Crippen LogP contribution in [0.5, 0.6) is 17.4 Å². The van der Waals surface area contributed by atoms with Crippen LogP contribution in [0, 0.1) is 0 Å². The Morgan fingerprint density at radius 2 is 2.04 bits per heavy atom. The summed E-state index contributed by atoms with van der Waals surface area (Å²) < 4.78 is 54.4. The van der Waals surface area contributed by atoms with Gasteiger partial charge in [0.25, 0.3) is 5.91 Å². The first-order valence-corrected chi connectivity index (χ1v) is 8.59. The smallest absolute Gasteiger partial charge is 0.416 e. The fourth-order valence-corrected chi connectivity index (χ4v) is 2.80. The van der Waals surface area contributed by atoms with Gasteiger partial charge in [-0.25, -0.2) is 4.98 Å². The molecule has 6 nitrogen and oxygen atoms in total. The number of alkyl halides is 3. The molecule has 150 valence electrons. The van der Waals surface area contributed by atoms with Crippen LogP contribution in [0.1, 0.15) is 12.0 Å². The highest BCUT2D eigenvalue weighted by molar-refractivity contribution is 5.78. The van der Waals surface area contributed by atoms with Crippen molar-refractivity contribution in [1.82, 2.24) is 9.88 Å². The van der Waals surface area contributed by atoms with Gasteiger partial charge in [-0.1, -0.05) is 6.07 Å². The molecule has 0 N–H and O–H groups in total. The maximum absolute atomic E-state index is 12.8. The van der Waals surface area contributed by atoms with E-state index >= 15 is 0 Å². The fourth-order valence-electron chi connectivity index (χ4n) is 2.80. The number of halogens is 3. The van der Waals surface area contributed by atoms with Gasteiger partial charge in [0.1, 0.15) is 17.6 Å². The molecule has 0 spiro atoms. The summed E-state index contributed by atoms with van der Waals surface area (Å²) in [6.45, 7) is 0.545. The predicted octanol–water partition coefficient (Wildman–Crippen LogP) is 3.17. The number of rotatable bonds is 6. The summed E-state index contributed by atoms with van der Waals surface area (Å²) in [7, 11) is 1.54. The number of carbonyl (C=O) groups is 1. The van der Waals surface area contributed by atoms with E-state index in [0.717, 1.165) is 18.3 Å². The monoisotopic (exact) mass is 396 g/mol. The first kappa shape index (κ1) is 19.8. The normalized spacial score (nSPS) is 16.7. The summed E-state index contributed by atoms with van der Waals surface area (Å²) in [4.78, 5) is 17.7. The van der Waals surface area contributed by atoms with E-state index in [1.54, 1.807) is 29.2 Å². The summed E-state index contributed by atoms with van der Waals surface area (Å²) in [5.74, 6) is 0.786. The van der Waals surface area contributed by atoms with Crippen LogP contribution in [-0.4, -0.2) is 48.7 Å². The number of benzene rings is 1. The second kappa shape index (κ2) is 8.37. The van der Waals surface area contributed by atoms with Crippen molar-refractivity contribution in [3.63, 3.8) is 0 Å². The number of ether oxygens (including phenoxy) is 3. The van der Waals surface area contributed by atoms with Gasteiger partial charge in [0.15, 0.2) is 6.61 Å². The number of aromatic nitrogens is 1. The molecule has 28 heavy (non-hydrogen) atoms. The van der Waals surface area contributed by atoms with E-state index in [9.17, 15) is 18.0 Å². The molecule has 0 bridgehead atoms. The van der Waals surface area contributed by atoms with Gasteiger partial charge in [0, 0.05) is 31.3 Å². The third-order valence-electron chi connectivity index (χ3n) is 4.25. The molecule has 0 saturated carbocycles. The van der Waals surface area contributed by atoms with Gasteiger partial charge in [-0.2, -0.15) is 13.2 Å². The number of carbonyl (C=O) groups excluding carboxylic acids is 1. The second-order valence-corrected chi connectivity index (χ2v) is 6.22. The molecule has 1 fully saturated rings. The number of methoxy groups -OCH3 is 1. The lowest BCUT2D eigenvalue weighted by atomic mass is 10.2. The van der Waals surface area contributed by atoms with Crippen LogP contribution < -0.4 is 14.2 Å². The molecule has 1 saturated heterocycles. The molecule has 1 aromatic heterocycles. The largest absolute Gasteiger partial charge is 0.497 e. The molecular weight excluding hydrogens is 377 g/mol. The second-order valence-electron chi connectivity index (χ2n) is 6.22. The Bertz CT molecular complexity index is 829. The lowest BCUT2D eigenvalue weighted by molar-refractivity contribution is -0.137. The minimum Gasteiger partial charge on any atom is -0.497 e. The molecule has 3 rings (SSSR count). The minimum atomic E-state index is -4.46. The number of pyridine rings is 1. The van der Waals surface area contributed by atoms with Crippen molar-refractivity contribution in [3.8, 4) is 17.4 Å². The van der Waals surface area contributed by atoms with Crippen LogP contribution in [0.2, 0.25) is 0 Å². The molecule has 1 aliphatic heterocycles. The third-order valence-corrected chi connectivity index (χ3v) is 4.25. The van der Waals surface area contributed by atoms with Gasteiger partial charge >= 0.3 is 6.18 Å². The van der Waals surface area contributed by atoms with Gasteiger partial charge in [0.05, 0.1) is 19.2 Å². The average Bonchev–Trinajstić information content (AvgIpc) is 3.14. The SMILES string of the molecule is COc1cccc(OCC(=O)N2CCC(Oc3cc(C(F)(F)F)ccn3)C2)c1. The van der Waals surface area contributed by atoms with Gasteiger partial charge in [-0.15, -0.1) is 0 Å². The van der Waals surface area contributed by atoms with Crippen molar-refractivity contribution >= 4 is 5.91 Å². The van der Waals surface area contributed by atoms with Crippen molar-refractivity contribution < 1.29 is 32.2 Å². The van der Waals surface area contributed by atoms with Gasteiger partial charge in [-0.3, -0.25) is 4.79 Å². The Morgan fingerprint density at radius 3 is 2.79 bits per heavy atom. The molecular formula is C19H19F3N2O4. The zero-order valence-electron chi connectivity index (χ0n) is 15.1. The Kier molecular flexibility index (Phi) is 5.91. The molecule has 2 aromatic rings. The Hall–Kier alpha value is -2.97. The lowest BCUT2D eigenvalue weighted by Crippen LogP contribution is -2.34. The molecule has 1 atom stereocenters. The van der Waals surface area contributed by atoms with Crippen molar-refractivity contribution in [1.29, 1.82) is 0 Å². The quantitative estimate of drug-likeness (QED) is 0.751. The third kappa shape index (κ3) is 5.05. The molecule has 0 aliphatic carbocycles. The van der Waals surface area contributed by atoms with Gasteiger partial charge in [0.2, 0.25) is 5.88 Å². The zero-order chi connectivity index (χ0) is 20.1. The summed E-state index contributed by atoms with van der Waals surface area (Å²) in [5.41, 5.74) is -0.824. The molecule has 1 amide bonds. The van der Waals surface area contributed by atoms with E-state index in [1.807, 2.05) is 0 Å². The number of amides is 1. The van der Waals surface area contributed by atoms with Crippen molar-refractivity contribution in [2.45, 2.75) is 18.7 Å². The molecule has 1 aliphatic rings. The Labute approximate surface area is 159 Å². The zero-order valence-corrected chi connectivity index (χ0v) is 15.1. The number of nitrogens with zero attached hydrogens (tertiary/aromatic N) is 2.